The lowest BCUT2D eigenvalue weighted by Gasteiger charge is -2.35. The number of aryl methyl sites for hydroxylation is 1. The minimum Gasteiger partial charge on any atom is -0.444 e. The lowest BCUT2D eigenvalue weighted by atomic mass is 9.95. The van der Waals surface area contributed by atoms with Crippen LogP contribution in [0.5, 0.6) is 0 Å². The molecule has 3 rings (SSSR count). The normalized spacial score (nSPS) is 21.9. The van der Waals surface area contributed by atoms with Crippen molar-refractivity contribution in [2.75, 3.05) is 44.7 Å². The molecular formula is C23H42IN7O2. The highest BCUT2D eigenvalue weighted by Crippen LogP contribution is 2.22. The third kappa shape index (κ3) is 8.86. The van der Waals surface area contributed by atoms with Crippen LogP contribution < -0.4 is 15.5 Å². The van der Waals surface area contributed by atoms with Crippen molar-refractivity contribution in [3.8, 4) is 0 Å². The highest BCUT2D eigenvalue weighted by atomic mass is 127. The van der Waals surface area contributed by atoms with Gasteiger partial charge in [0.05, 0.1) is 11.9 Å². The summed E-state index contributed by atoms with van der Waals surface area (Å²) >= 11 is 0. The Balaban J connectivity index is 0.00000385. The summed E-state index contributed by atoms with van der Waals surface area (Å²) in [5.74, 6) is 1.33. The summed E-state index contributed by atoms with van der Waals surface area (Å²) in [6.45, 7) is 10.1. The lowest BCUT2D eigenvalue weighted by Crippen LogP contribution is -2.51. The summed E-state index contributed by atoms with van der Waals surface area (Å²) in [6.07, 6.45) is 9.27. The smallest absolute Gasteiger partial charge is 0.410 e. The van der Waals surface area contributed by atoms with Crippen molar-refractivity contribution in [1.29, 1.82) is 0 Å². The van der Waals surface area contributed by atoms with E-state index in [9.17, 15) is 4.79 Å². The molecule has 0 radical (unpaired) electrons. The molecule has 2 unspecified atom stereocenters. The number of guanidine groups is 1. The van der Waals surface area contributed by atoms with E-state index in [1.807, 2.05) is 50.6 Å². The van der Waals surface area contributed by atoms with E-state index >= 15 is 0 Å². The van der Waals surface area contributed by atoms with Gasteiger partial charge in [0.1, 0.15) is 5.60 Å². The maximum absolute atomic E-state index is 12.4. The van der Waals surface area contributed by atoms with E-state index in [2.05, 4.69) is 31.8 Å². The summed E-state index contributed by atoms with van der Waals surface area (Å²) in [4.78, 5) is 21.1. The van der Waals surface area contributed by atoms with Crippen molar-refractivity contribution < 1.29 is 9.53 Å². The van der Waals surface area contributed by atoms with Gasteiger partial charge in [0.25, 0.3) is 0 Å². The van der Waals surface area contributed by atoms with Crippen molar-refractivity contribution in [3.05, 3.63) is 12.4 Å². The molecular weight excluding hydrogens is 533 g/mol. The van der Waals surface area contributed by atoms with Crippen LogP contribution in [0.25, 0.3) is 0 Å². The number of amides is 1. The second-order valence-electron chi connectivity index (χ2n) is 10.0. The van der Waals surface area contributed by atoms with Crippen LogP contribution in [0.1, 0.15) is 52.9 Å². The first kappa shape index (κ1) is 27.5. The van der Waals surface area contributed by atoms with Gasteiger partial charge in [0, 0.05) is 59.1 Å². The maximum atomic E-state index is 12.4. The third-order valence-electron chi connectivity index (χ3n) is 6.06. The Bertz CT molecular complexity index is 777. The molecule has 0 aliphatic carbocycles. The highest BCUT2D eigenvalue weighted by molar-refractivity contribution is 14.0. The van der Waals surface area contributed by atoms with Crippen LogP contribution >= 0.6 is 24.0 Å². The molecule has 2 aliphatic heterocycles. The number of piperidine rings is 2. The number of halogens is 1. The molecule has 0 saturated carbocycles. The Hall–Kier alpha value is -1.72. The molecule has 2 atom stereocenters. The first-order chi connectivity index (χ1) is 15.2. The fourth-order valence-corrected chi connectivity index (χ4v) is 4.48. The van der Waals surface area contributed by atoms with Gasteiger partial charge >= 0.3 is 6.09 Å². The fourth-order valence-electron chi connectivity index (χ4n) is 4.48. The Morgan fingerprint density at radius 1 is 1.24 bits per heavy atom. The van der Waals surface area contributed by atoms with E-state index in [4.69, 9.17) is 4.74 Å². The van der Waals surface area contributed by atoms with Gasteiger partial charge in [-0.3, -0.25) is 9.67 Å². The van der Waals surface area contributed by atoms with E-state index in [0.29, 0.717) is 12.0 Å². The second-order valence-corrected chi connectivity index (χ2v) is 10.0. The number of hydrogen-bond donors (Lipinski definition) is 2. The molecule has 0 aromatic carbocycles. The molecule has 1 amide bonds. The summed E-state index contributed by atoms with van der Waals surface area (Å²) < 4.78 is 7.39. The lowest BCUT2D eigenvalue weighted by molar-refractivity contribution is 0.0162. The summed E-state index contributed by atoms with van der Waals surface area (Å²) in [7, 11) is 3.77. The van der Waals surface area contributed by atoms with Gasteiger partial charge in [-0.1, -0.05) is 0 Å². The van der Waals surface area contributed by atoms with Crippen molar-refractivity contribution in [1.82, 2.24) is 25.3 Å². The van der Waals surface area contributed by atoms with Crippen LogP contribution in [-0.2, 0) is 11.8 Å². The van der Waals surface area contributed by atoms with Crippen molar-refractivity contribution in [2.24, 2.45) is 18.0 Å². The van der Waals surface area contributed by atoms with Gasteiger partial charge in [-0.2, -0.15) is 5.10 Å². The maximum Gasteiger partial charge on any atom is 0.410 e. The van der Waals surface area contributed by atoms with Crippen LogP contribution in [0, 0.1) is 5.92 Å². The predicted molar refractivity (Wildman–Crippen MR) is 144 cm³/mol. The van der Waals surface area contributed by atoms with Gasteiger partial charge in [-0.15, -0.1) is 24.0 Å². The summed E-state index contributed by atoms with van der Waals surface area (Å²) in [6, 6.07) is 0.354. The predicted octanol–water partition coefficient (Wildman–Crippen LogP) is 3.21. The first-order valence-electron chi connectivity index (χ1n) is 11.9. The molecule has 0 spiro atoms. The minimum absolute atomic E-state index is 0. The van der Waals surface area contributed by atoms with E-state index in [-0.39, 0.29) is 30.1 Å². The molecule has 1 aromatic heterocycles. The zero-order chi connectivity index (χ0) is 23.1. The van der Waals surface area contributed by atoms with Gasteiger partial charge < -0.3 is 25.2 Å². The molecule has 188 valence electrons. The van der Waals surface area contributed by atoms with Crippen LogP contribution in [0.4, 0.5) is 10.5 Å². The number of carbonyl (C=O) groups excluding carboxylic acids is 1. The third-order valence-corrected chi connectivity index (χ3v) is 6.06. The largest absolute Gasteiger partial charge is 0.444 e. The van der Waals surface area contributed by atoms with Crippen LogP contribution in [-0.4, -0.2) is 78.1 Å². The number of carbonyl (C=O) groups is 1. The number of aliphatic imine (C=N–C) groups is 1. The summed E-state index contributed by atoms with van der Waals surface area (Å²) in [5.41, 5.74) is 0.726. The molecule has 0 bridgehead atoms. The van der Waals surface area contributed by atoms with Crippen molar-refractivity contribution in [2.45, 2.75) is 64.5 Å². The number of ether oxygens (including phenoxy) is 1. The topological polar surface area (TPSA) is 87.0 Å². The van der Waals surface area contributed by atoms with Crippen LogP contribution in [0.2, 0.25) is 0 Å². The van der Waals surface area contributed by atoms with Crippen molar-refractivity contribution >= 4 is 41.7 Å². The molecule has 10 heteroatoms. The monoisotopic (exact) mass is 575 g/mol. The second kappa shape index (κ2) is 12.7. The fraction of sp³-hybridized carbons (Fsp3) is 0.783. The summed E-state index contributed by atoms with van der Waals surface area (Å²) in [5, 5.41) is 11.4. The molecule has 1 aromatic rings. The number of likely N-dealkylation sites (tertiary alicyclic amines) is 1. The average Bonchev–Trinajstić information content (AvgIpc) is 3.18. The number of nitrogens with zero attached hydrogens (tertiary/aromatic N) is 5. The van der Waals surface area contributed by atoms with E-state index in [1.165, 1.54) is 5.69 Å². The molecule has 9 nitrogen and oxygen atoms in total. The van der Waals surface area contributed by atoms with Gasteiger partial charge in [-0.05, 0) is 58.8 Å². The Labute approximate surface area is 215 Å². The quantitative estimate of drug-likeness (QED) is 0.319. The number of nitrogens with one attached hydrogen (secondary N) is 2. The molecule has 2 aliphatic rings. The Morgan fingerprint density at radius 3 is 2.67 bits per heavy atom. The number of rotatable bonds is 5. The van der Waals surface area contributed by atoms with Gasteiger partial charge in [0.15, 0.2) is 5.96 Å². The molecule has 2 saturated heterocycles. The minimum atomic E-state index is -0.449. The molecule has 3 heterocycles. The van der Waals surface area contributed by atoms with E-state index < -0.39 is 5.60 Å². The molecule has 2 fully saturated rings. The average molecular weight is 576 g/mol. The number of aromatic nitrogens is 2. The number of hydrogen-bond acceptors (Lipinski definition) is 5. The molecule has 2 N–H and O–H groups in total. The first-order valence-corrected chi connectivity index (χ1v) is 11.9. The standard InChI is InChI=1S/C23H41N7O2.HI/c1-23(2,3)32-22(31)30-13-6-8-18(15-30)10-11-25-21(24-4)27-19-9-7-12-29(16-19)20-14-26-28(5)17-20;/h14,17-19H,6-13,15-16H2,1-5H3,(H2,24,25,27);1H. The van der Waals surface area contributed by atoms with Gasteiger partial charge in [-0.25, -0.2) is 4.79 Å². The SMILES string of the molecule is CN=C(NCCC1CCCN(C(=O)OC(C)(C)C)C1)NC1CCCN(c2cnn(C)c2)C1.I. The Kier molecular flexibility index (Phi) is 10.6. The number of anilines is 1. The van der Waals surface area contributed by atoms with Gasteiger partial charge in [0.2, 0.25) is 0 Å². The van der Waals surface area contributed by atoms with E-state index in [1.54, 1.807) is 0 Å². The van der Waals surface area contributed by atoms with E-state index in [0.717, 1.165) is 70.8 Å². The zero-order valence-corrected chi connectivity index (χ0v) is 23.2. The van der Waals surface area contributed by atoms with Crippen LogP contribution in [0.3, 0.4) is 0 Å². The van der Waals surface area contributed by atoms with Crippen LogP contribution in [0.15, 0.2) is 17.4 Å². The Morgan fingerprint density at radius 2 is 2.00 bits per heavy atom. The highest BCUT2D eigenvalue weighted by Gasteiger charge is 2.27. The van der Waals surface area contributed by atoms with Crippen molar-refractivity contribution in [3.63, 3.8) is 0 Å². The zero-order valence-electron chi connectivity index (χ0n) is 20.8. The molecule has 33 heavy (non-hydrogen) atoms.